The van der Waals surface area contributed by atoms with Gasteiger partial charge >= 0.3 is 11.9 Å². The Bertz CT molecular complexity index is 505. The van der Waals surface area contributed by atoms with Crippen LogP contribution in [0.15, 0.2) is 18.2 Å². The Kier molecular flexibility index (Phi) is 11.6. The molecule has 0 heterocycles. The van der Waals surface area contributed by atoms with Gasteiger partial charge in [0.15, 0.2) is 0 Å². The van der Waals surface area contributed by atoms with Crippen LogP contribution in [-0.2, 0) is 19.1 Å². The molecule has 1 atom stereocenters. The Morgan fingerprint density at radius 3 is 2.50 bits per heavy atom. The molecule has 0 aliphatic heterocycles. The number of rotatable bonds is 8. The van der Waals surface area contributed by atoms with E-state index in [9.17, 15) is 9.59 Å². The molecule has 0 amide bonds. The van der Waals surface area contributed by atoms with Crippen LogP contribution in [0.1, 0.15) is 19.4 Å². The van der Waals surface area contributed by atoms with Crippen LogP contribution in [-0.4, -0.2) is 49.5 Å². The number of carboxylic acid groups (broad SMARTS) is 1. The molecule has 1 aromatic carbocycles. The molecule has 0 saturated heterocycles. The highest BCUT2D eigenvalue weighted by atomic mass is 35.5. The number of nitrogens with two attached hydrogens (primary N) is 1. The zero-order valence-electron chi connectivity index (χ0n) is 14.2. The average Bonchev–Trinajstić information content (AvgIpc) is 2.55. The molecular formula is C16H25ClN2O5. The smallest absolute Gasteiger partial charge is 0.328 e. The number of aliphatic carboxylic acids is 1. The molecule has 1 rings (SSSR count). The SMILES string of the molecule is CCOCCOC(=O)[C@H](C)Nc1c(C)cccc1Cl.NCC(=O)O. The quantitative estimate of drug-likeness (QED) is 0.480. The maximum absolute atomic E-state index is 11.7. The van der Waals surface area contributed by atoms with Gasteiger partial charge in [0.05, 0.1) is 23.9 Å². The number of carbonyl (C=O) groups excluding carboxylic acids is 1. The Morgan fingerprint density at radius 1 is 1.38 bits per heavy atom. The van der Waals surface area contributed by atoms with Crippen molar-refractivity contribution in [2.24, 2.45) is 5.73 Å². The number of carboxylic acids is 1. The molecule has 0 saturated carbocycles. The highest BCUT2D eigenvalue weighted by Gasteiger charge is 2.16. The lowest BCUT2D eigenvalue weighted by Crippen LogP contribution is -2.29. The van der Waals surface area contributed by atoms with Crippen molar-refractivity contribution in [1.29, 1.82) is 0 Å². The van der Waals surface area contributed by atoms with Crippen molar-refractivity contribution in [2.45, 2.75) is 26.8 Å². The molecular weight excluding hydrogens is 336 g/mol. The first-order valence-electron chi connectivity index (χ1n) is 7.51. The number of ether oxygens (including phenoxy) is 2. The van der Waals surface area contributed by atoms with E-state index in [0.717, 1.165) is 11.3 Å². The highest BCUT2D eigenvalue weighted by molar-refractivity contribution is 6.33. The number of carbonyl (C=O) groups is 2. The zero-order valence-corrected chi connectivity index (χ0v) is 14.9. The number of anilines is 1. The molecule has 0 aliphatic carbocycles. The number of halogens is 1. The third-order valence-corrected chi connectivity index (χ3v) is 3.10. The molecule has 8 heteroatoms. The summed E-state index contributed by atoms with van der Waals surface area (Å²) in [6.07, 6.45) is 0. The fourth-order valence-electron chi connectivity index (χ4n) is 1.56. The molecule has 7 nitrogen and oxygen atoms in total. The molecule has 1 aromatic rings. The second kappa shape index (κ2) is 12.6. The van der Waals surface area contributed by atoms with E-state index in [1.165, 1.54) is 0 Å². The number of esters is 1. The minimum Gasteiger partial charge on any atom is -0.480 e. The van der Waals surface area contributed by atoms with Gasteiger partial charge in [-0.05, 0) is 32.4 Å². The van der Waals surface area contributed by atoms with Crippen LogP contribution in [0, 0.1) is 6.92 Å². The summed E-state index contributed by atoms with van der Waals surface area (Å²) in [5.74, 6) is -1.29. The lowest BCUT2D eigenvalue weighted by Gasteiger charge is -2.17. The monoisotopic (exact) mass is 360 g/mol. The molecule has 0 spiro atoms. The predicted octanol–water partition coefficient (Wildman–Crippen LogP) is 2.06. The average molecular weight is 361 g/mol. The number of aryl methyl sites for hydroxylation is 1. The van der Waals surface area contributed by atoms with Gasteiger partial charge in [-0.15, -0.1) is 0 Å². The minimum absolute atomic E-state index is 0.264. The summed E-state index contributed by atoms with van der Waals surface area (Å²) in [5.41, 5.74) is 6.32. The lowest BCUT2D eigenvalue weighted by molar-refractivity contribution is -0.145. The van der Waals surface area contributed by atoms with Crippen molar-refractivity contribution in [3.63, 3.8) is 0 Å². The number of hydrogen-bond donors (Lipinski definition) is 3. The molecule has 4 N–H and O–H groups in total. The molecule has 0 bridgehead atoms. The first-order valence-corrected chi connectivity index (χ1v) is 7.89. The second-order valence-electron chi connectivity index (χ2n) is 4.76. The van der Waals surface area contributed by atoms with E-state index >= 15 is 0 Å². The fourth-order valence-corrected chi connectivity index (χ4v) is 1.84. The van der Waals surface area contributed by atoms with E-state index in [1.54, 1.807) is 13.0 Å². The second-order valence-corrected chi connectivity index (χ2v) is 5.17. The summed E-state index contributed by atoms with van der Waals surface area (Å²) in [6, 6.07) is 5.12. The number of nitrogens with one attached hydrogen (secondary N) is 1. The number of benzene rings is 1. The van der Waals surface area contributed by atoms with Crippen molar-refractivity contribution in [3.8, 4) is 0 Å². The number of para-hydroxylation sites is 1. The van der Waals surface area contributed by atoms with Gasteiger partial charge in [0.25, 0.3) is 0 Å². The van der Waals surface area contributed by atoms with E-state index in [1.807, 2.05) is 26.0 Å². The van der Waals surface area contributed by atoms with Crippen LogP contribution in [0.2, 0.25) is 5.02 Å². The molecule has 136 valence electrons. The summed E-state index contributed by atoms with van der Waals surface area (Å²) in [7, 11) is 0. The normalized spacial score (nSPS) is 11.0. The van der Waals surface area contributed by atoms with Crippen LogP contribution in [0.4, 0.5) is 5.69 Å². The summed E-state index contributed by atoms with van der Waals surface area (Å²) in [4.78, 5) is 21.0. The van der Waals surface area contributed by atoms with Gasteiger partial charge in [0, 0.05) is 6.61 Å². The molecule has 0 aromatic heterocycles. The summed E-state index contributed by atoms with van der Waals surface area (Å²) >= 11 is 6.09. The van der Waals surface area contributed by atoms with Crippen LogP contribution in [0.25, 0.3) is 0 Å². The molecule has 24 heavy (non-hydrogen) atoms. The van der Waals surface area contributed by atoms with E-state index < -0.39 is 12.0 Å². The van der Waals surface area contributed by atoms with Gasteiger partial charge in [-0.1, -0.05) is 23.7 Å². The van der Waals surface area contributed by atoms with Crippen molar-refractivity contribution in [1.82, 2.24) is 0 Å². The topological polar surface area (TPSA) is 111 Å². The van der Waals surface area contributed by atoms with Crippen LogP contribution >= 0.6 is 11.6 Å². The standard InChI is InChI=1S/C14H20ClNO3.C2H5NO2/c1-4-18-8-9-19-14(17)11(3)16-13-10(2)6-5-7-12(13)15;3-1-2(4)5/h5-7,11,16H,4,8-9H2,1-3H3;1,3H2,(H,4,5)/t11-;/m0./s1. The van der Waals surface area contributed by atoms with Crippen molar-refractivity contribution < 1.29 is 24.2 Å². The van der Waals surface area contributed by atoms with Crippen molar-refractivity contribution in [3.05, 3.63) is 28.8 Å². The predicted molar refractivity (Wildman–Crippen MR) is 93.4 cm³/mol. The summed E-state index contributed by atoms with van der Waals surface area (Å²) in [6.45, 7) is 6.59. The van der Waals surface area contributed by atoms with E-state index in [2.05, 4.69) is 11.1 Å². The molecule has 0 aliphatic rings. The first-order chi connectivity index (χ1) is 11.3. The lowest BCUT2D eigenvalue weighted by atomic mass is 10.2. The Morgan fingerprint density at radius 2 is 2.00 bits per heavy atom. The molecule has 0 radical (unpaired) electrons. The van der Waals surface area contributed by atoms with Gasteiger partial charge in [-0.3, -0.25) is 4.79 Å². The zero-order chi connectivity index (χ0) is 18.5. The Balaban J connectivity index is 0.000000922. The largest absolute Gasteiger partial charge is 0.480 e. The van der Waals surface area contributed by atoms with E-state index in [-0.39, 0.29) is 19.1 Å². The maximum Gasteiger partial charge on any atom is 0.328 e. The van der Waals surface area contributed by atoms with Crippen molar-refractivity contribution >= 4 is 29.2 Å². The van der Waals surface area contributed by atoms with Crippen LogP contribution < -0.4 is 11.1 Å². The third kappa shape index (κ3) is 9.34. The minimum atomic E-state index is -0.968. The summed E-state index contributed by atoms with van der Waals surface area (Å²) < 4.78 is 10.2. The Hall–Kier alpha value is -1.83. The number of hydrogen-bond acceptors (Lipinski definition) is 6. The van der Waals surface area contributed by atoms with Crippen LogP contribution in [0.5, 0.6) is 0 Å². The van der Waals surface area contributed by atoms with Gasteiger partial charge in [-0.25, -0.2) is 4.79 Å². The van der Waals surface area contributed by atoms with Gasteiger partial charge < -0.3 is 25.6 Å². The van der Waals surface area contributed by atoms with Gasteiger partial charge in [0.1, 0.15) is 12.6 Å². The molecule has 0 fully saturated rings. The molecule has 0 unspecified atom stereocenters. The van der Waals surface area contributed by atoms with E-state index in [4.69, 9.17) is 26.2 Å². The summed E-state index contributed by atoms with van der Waals surface area (Å²) in [5, 5.41) is 11.3. The highest BCUT2D eigenvalue weighted by Crippen LogP contribution is 2.25. The van der Waals surface area contributed by atoms with Gasteiger partial charge in [0.2, 0.25) is 0 Å². The first kappa shape index (κ1) is 22.2. The van der Waals surface area contributed by atoms with Crippen molar-refractivity contribution in [2.75, 3.05) is 31.7 Å². The third-order valence-electron chi connectivity index (χ3n) is 2.79. The van der Waals surface area contributed by atoms with Crippen LogP contribution in [0.3, 0.4) is 0 Å². The maximum atomic E-state index is 11.7. The fraction of sp³-hybridized carbons (Fsp3) is 0.500. The van der Waals surface area contributed by atoms with Gasteiger partial charge in [-0.2, -0.15) is 0 Å². The van der Waals surface area contributed by atoms with E-state index in [0.29, 0.717) is 18.2 Å². The Labute approximate surface area is 147 Å².